The van der Waals surface area contributed by atoms with Gasteiger partial charge in [-0.2, -0.15) is 0 Å². The van der Waals surface area contributed by atoms with Crippen LogP contribution in [-0.2, 0) is 14.4 Å². The standard InChI is InChI=1S/C22H29F2N5O4/c23-17-13-15(16-2-4-19(30)26-20(16)31)1-3-18(17)28-11-9-27(10-12-28)14-22(24)5-7-29(8-6-22)33-21(25)32/h1,3,13,16H,2,4-12,14H2,(H2,25,32)(H,26,30,31). The number of nitrogens with zero attached hydrogens (tertiary/aromatic N) is 3. The number of piperazine rings is 1. The molecule has 11 heteroatoms. The van der Waals surface area contributed by atoms with Crippen molar-refractivity contribution in [3.63, 3.8) is 0 Å². The predicted molar refractivity (Wildman–Crippen MR) is 115 cm³/mol. The molecule has 3 saturated heterocycles. The van der Waals surface area contributed by atoms with Gasteiger partial charge in [0.05, 0.1) is 11.6 Å². The van der Waals surface area contributed by atoms with Gasteiger partial charge in [-0.15, -0.1) is 5.06 Å². The maximum absolute atomic E-state index is 15.3. The maximum atomic E-state index is 15.3. The molecule has 1 aromatic rings. The molecule has 0 spiro atoms. The molecule has 3 amide bonds. The Balaban J connectivity index is 1.30. The average Bonchev–Trinajstić information content (AvgIpc) is 2.76. The lowest BCUT2D eigenvalue weighted by atomic mass is 9.90. The number of alkyl halides is 1. The predicted octanol–water partition coefficient (Wildman–Crippen LogP) is 1.28. The molecule has 3 heterocycles. The minimum absolute atomic E-state index is 0.244. The lowest BCUT2D eigenvalue weighted by molar-refractivity contribution is -0.135. The first kappa shape index (κ1) is 23.4. The van der Waals surface area contributed by atoms with Gasteiger partial charge < -0.3 is 15.5 Å². The van der Waals surface area contributed by atoms with Crippen LogP contribution in [0.1, 0.15) is 37.2 Å². The number of benzene rings is 1. The molecule has 0 saturated carbocycles. The highest BCUT2D eigenvalue weighted by atomic mass is 19.1. The van der Waals surface area contributed by atoms with E-state index in [1.807, 2.05) is 9.80 Å². The third kappa shape index (κ3) is 5.59. The second kappa shape index (κ2) is 9.60. The quantitative estimate of drug-likeness (QED) is 0.631. The van der Waals surface area contributed by atoms with Crippen molar-refractivity contribution in [2.24, 2.45) is 5.73 Å². The van der Waals surface area contributed by atoms with E-state index < -0.39 is 23.5 Å². The van der Waals surface area contributed by atoms with Crippen LogP contribution in [0.5, 0.6) is 0 Å². The number of imide groups is 1. The minimum atomic E-state index is -1.37. The highest BCUT2D eigenvalue weighted by Gasteiger charge is 2.38. The number of amides is 3. The summed E-state index contributed by atoms with van der Waals surface area (Å²) in [5, 5.41) is 3.69. The molecular weight excluding hydrogens is 436 g/mol. The number of nitrogens with one attached hydrogen (secondary N) is 1. The number of hydrogen-bond donors (Lipinski definition) is 2. The van der Waals surface area contributed by atoms with Crippen LogP contribution < -0.4 is 16.0 Å². The van der Waals surface area contributed by atoms with E-state index in [-0.39, 0.29) is 37.6 Å². The van der Waals surface area contributed by atoms with Crippen molar-refractivity contribution in [3.05, 3.63) is 29.6 Å². The monoisotopic (exact) mass is 465 g/mol. The van der Waals surface area contributed by atoms with Gasteiger partial charge in [-0.1, -0.05) is 6.07 Å². The van der Waals surface area contributed by atoms with Crippen LogP contribution >= 0.6 is 0 Å². The van der Waals surface area contributed by atoms with Gasteiger partial charge in [0.15, 0.2) is 0 Å². The molecule has 33 heavy (non-hydrogen) atoms. The molecule has 1 unspecified atom stereocenters. The maximum Gasteiger partial charge on any atom is 0.423 e. The highest BCUT2D eigenvalue weighted by molar-refractivity contribution is 6.00. The molecule has 0 bridgehead atoms. The summed E-state index contributed by atoms with van der Waals surface area (Å²) in [6.45, 7) is 3.18. The normalized spacial score (nSPS) is 24.4. The van der Waals surface area contributed by atoms with Crippen molar-refractivity contribution in [1.29, 1.82) is 0 Å². The van der Waals surface area contributed by atoms with E-state index in [9.17, 15) is 18.8 Å². The number of carbonyl (C=O) groups excluding carboxylic acids is 3. The summed E-state index contributed by atoms with van der Waals surface area (Å²) in [7, 11) is 0. The Morgan fingerprint density at radius 3 is 2.45 bits per heavy atom. The number of nitrogens with two attached hydrogens (primary N) is 1. The lowest BCUT2D eigenvalue weighted by Gasteiger charge is -2.41. The minimum Gasteiger partial charge on any atom is -0.367 e. The van der Waals surface area contributed by atoms with Gasteiger partial charge in [-0.05, 0) is 37.0 Å². The molecule has 1 atom stereocenters. The second-order valence-corrected chi connectivity index (χ2v) is 8.97. The van der Waals surface area contributed by atoms with Gasteiger partial charge in [0.25, 0.3) is 0 Å². The summed E-state index contributed by atoms with van der Waals surface area (Å²) in [6.07, 6.45) is 0.219. The average molecular weight is 466 g/mol. The number of piperidine rings is 2. The molecule has 0 radical (unpaired) electrons. The molecule has 1 aromatic carbocycles. The van der Waals surface area contributed by atoms with Crippen molar-refractivity contribution in [3.8, 4) is 0 Å². The number of carbonyl (C=O) groups is 3. The van der Waals surface area contributed by atoms with E-state index >= 15 is 4.39 Å². The zero-order valence-corrected chi connectivity index (χ0v) is 18.4. The molecule has 0 aromatic heterocycles. The number of primary amides is 1. The summed E-state index contributed by atoms with van der Waals surface area (Å²) in [5.41, 5.74) is 4.65. The Hall–Kier alpha value is -2.79. The third-order valence-corrected chi connectivity index (χ3v) is 6.67. The number of hydrogen-bond acceptors (Lipinski definition) is 7. The SMILES string of the molecule is NC(=O)ON1CCC(F)(CN2CCN(c3ccc(C4CCC(=O)NC4=O)cc3F)CC2)CC1. The largest absolute Gasteiger partial charge is 0.423 e. The van der Waals surface area contributed by atoms with E-state index in [4.69, 9.17) is 10.6 Å². The molecule has 180 valence electrons. The summed E-state index contributed by atoms with van der Waals surface area (Å²) in [4.78, 5) is 43.0. The van der Waals surface area contributed by atoms with Crippen LogP contribution in [0.25, 0.3) is 0 Å². The fourth-order valence-corrected chi connectivity index (χ4v) is 4.82. The van der Waals surface area contributed by atoms with Crippen molar-refractivity contribution in [2.45, 2.75) is 37.3 Å². The molecule has 9 nitrogen and oxygen atoms in total. The van der Waals surface area contributed by atoms with Crippen LogP contribution in [0.4, 0.5) is 19.3 Å². The smallest absolute Gasteiger partial charge is 0.367 e. The van der Waals surface area contributed by atoms with Gasteiger partial charge in [-0.25, -0.2) is 13.6 Å². The van der Waals surface area contributed by atoms with Gasteiger partial charge in [0, 0.05) is 52.2 Å². The Bertz CT molecular complexity index is 914. The number of halogens is 2. The number of hydroxylamine groups is 2. The van der Waals surface area contributed by atoms with Crippen LogP contribution in [0.15, 0.2) is 18.2 Å². The molecule has 3 fully saturated rings. The number of anilines is 1. The fourth-order valence-electron chi connectivity index (χ4n) is 4.82. The van der Waals surface area contributed by atoms with Gasteiger partial charge in [0.2, 0.25) is 11.8 Å². The first-order valence-electron chi connectivity index (χ1n) is 11.2. The van der Waals surface area contributed by atoms with E-state index in [1.54, 1.807) is 12.1 Å². The summed E-state index contributed by atoms with van der Waals surface area (Å²) in [6, 6.07) is 4.79. The zero-order valence-electron chi connectivity index (χ0n) is 18.4. The van der Waals surface area contributed by atoms with Gasteiger partial charge in [-0.3, -0.25) is 19.8 Å². The Kier molecular flexibility index (Phi) is 6.80. The van der Waals surface area contributed by atoms with Crippen LogP contribution in [0, 0.1) is 5.82 Å². The molecule has 3 aliphatic heterocycles. The van der Waals surface area contributed by atoms with E-state index in [2.05, 4.69) is 5.32 Å². The molecule has 4 rings (SSSR count). The van der Waals surface area contributed by atoms with E-state index in [1.165, 1.54) is 11.1 Å². The molecule has 3 N–H and O–H groups in total. The second-order valence-electron chi connectivity index (χ2n) is 8.97. The summed E-state index contributed by atoms with van der Waals surface area (Å²) in [5.74, 6) is -1.62. The Morgan fingerprint density at radius 2 is 1.85 bits per heavy atom. The first-order valence-corrected chi connectivity index (χ1v) is 11.2. The van der Waals surface area contributed by atoms with Crippen LogP contribution in [0.2, 0.25) is 0 Å². The Labute approximate surface area is 190 Å². The fraction of sp³-hybridized carbons (Fsp3) is 0.591. The van der Waals surface area contributed by atoms with Crippen LogP contribution in [0.3, 0.4) is 0 Å². The van der Waals surface area contributed by atoms with E-state index in [0.717, 1.165) is 0 Å². The van der Waals surface area contributed by atoms with Crippen molar-refractivity contribution >= 4 is 23.6 Å². The topological polar surface area (TPSA) is 108 Å². The Morgan fingerprint density at radius 1 is 1.15 bits per heavy atom. The molecule has 3 aliphatic rings. The first-order chi connectivity index (χ1) is 15.7. The van der Waals surface area contributed by atoms with Crippen molar-refractivity contribution < 1.29 is 28.0 Å². The number of rotatable bonds is 5. The van der Waals surface area contributed by atoms with Crippen LogP contribution in [-0.4, -0.2) is 79.4 Å². The third-order valence-electron chi connectivity index (χ3n) is 6.67. The van der Waals surface area contributed by atoms with Gasteiger partial charge in [0.1, 0.15) is 11.5 Å². The highest BCUT2D eigenvalue weighted by Crippen LogP contribution is 2.31. The molecular formula is C22H29F2N5O4. The van der Waals surface area contributed by atoms with Crippen molar-refractivity contribution in [1.82, 2.24) is 15.3 Å². The zero-order chi connectivity index (χ0) is 23.6. The summed E-state index contributed by atoms with van der Waals surface area (Å²) < 4.78 is 30.1. The van der Waals surface area contributed by atoms with Gasteiger partial charge >= 0.3 is 6.09 Å². The molecule has 0 aliphatic carbocycles. The summed E-state index contributed by atoms with van der Waals surface area (Å²) >= 11 is 0. The lowest BCUT2D eigenvalue weighted by Crippen LogP contribution is -2.54. The van der Waals surface area contributed by atoms with E-state index in [0.29, 0.717) is 56.9 Å². The van der Waals surface area contributed by atoms with Crippen molar-refractivity contribution in [2.75, 3.05) is 50.7 Å².